The first kappa shape index (κ1) is 20.8. The summed E-state index contributed by atoms with van der Waals surface area (Å²) in [5, 5.41) is 2.98. The Morgan fingerprint density at radius 3 is 1.79 bits per heavy atom. The minimum atomic E-state index is -0.0967. The van der Waals surface area contributed by atoms with Gasteiger partial charge in [-0.3, -0.25) is 4.90 Å². The molecule has 1 saturated heterocycles. The number of amides is 4. The number of carbonyl (C=O) groups excluding carboxylic acids is 2. The third kappa shape index (κ3) is 4.32. The van der Waals surface area contributed by atoms with Crippen molar-refractivity contribution in [2.75, 3.05) is 31.1 Å². The van der Waals surface area contributed by atoms with Crippen LogP contribution in [0, 0.1) is 0 Å². The first-order valence-electron chi connectivity index (χ1n) is 11.2. The Hall–Kier alpha value is -4.06. The van der Waals surface area contributed by atoms with E-state index in [0.29, 0.717) is 32.7 Å². The zero-order valence-corrected chi connectivity index (χ0v) is 18.4. The maximum Gasteiger partial charge on any atom is 0.329 e. The van der Waals surface area contributed by atoms with Crippen molar-refractivity contribution in [3.8, 4) is 0 Å². The standard InChI is InChI=1S/C27H26N4O2/c32-26(28-20-21-8-2-1-3-9-21)29-16-18-30(19-17-29)27(33)31-24-12-6-4-10-22(24)14-15-23-11-5-7-13-25(23)31/h1-15H,16-20H2,(H,28,32). The third-order valence-electron chi connectivity index (χ3n) is 6.11. The number of nitrogens with one attached hydrogen (secondary N) is 1. The van der Waals surface area contributed by atoms with Crippen LogP contribution < -0.4 is 10.2 Å². The number of anilines is 2. The van der Waals surface area contributed by atoms with Gasteiger partial charge in [0.2, 0.25) is 0 Å². The Morgan fingerprint density at radius 2 is 1.18 bits per heavy atom. The average molecular weight is 439 g/mol. The molecule has 1 N–H and O–H groups in total. The molecule has 0 radical (unpaired) electrons. The van der Waals surface area contributed by atoms with E-state index in [1.807, 2.05) is 83.8 Å². The Balaban J connectivity index is 1.28. The smallest absolute Gasteiger partial charge is 0.329 e. The first-order chi connectivity index (χ1) is 16.2. The average Bonchev–Trinajstić information content (AvgIpc) is 3.04. The summed E-state index contributed by atoms with van der Waals surface area (Å²) in [6.07, 6.45) is 4.10. The minimum absolute atomic E-state index is 0.0667. The molecule has 3 aromatic rings. The Morgan fingerprint density at radius 1 is 0.667 bits per heavy atom. The number of nitrogens with zero attached hydrogens (tertiary/aromatic N) is 3. The molecule has 3 aromatic carbocycles. The largest absolute Gasteiger partial charge is 0.334 e. The molecule has 6 heteroatoms. The van der Waals surface area contributed by atoms with Crippen LogP contribution in [0.5, 0.6) is 0 Å². The van der Waals surface area contributed by atoms with Crippen molar-refractivity contribution in [3.63, 3.8) is 0 Å². The van der Waals surface area contributed by atoms with Crippen molar-refractivity contribution in [2.24, 2.45) is 0 Å². The number of para-hydroxylation sites is 2. The molecular weight excluding hydrogens is 412 g/mol. The lowest BCUT2D eigenvalue weighted by molar-refractivity contribution is 0.147. The zero-order valence-electron chi connectivity index (χ0n) is 18.4. The van der Waals surface area contributed by atoms with Crippen LogP contribution in [0.4, 0.5) is 21.0 Å². The second-order valence-electron chi connectivity index (χ2n) is 8.19. The van der Waals surface area contributed by atoms with E-state index in [1.165, 1.54) is 0 Å². The molecule has 33 heavy (non-hydrogen) atoms. The van der Waals surface area contributed by atoms with Gasteiger partial charge in [0.05, 0.1) is 11.4 Å². The van der Waals surface area contributed by atoms with Gasteiger partial charge in [0, 0.05) is 32.7 Å². The Labute approximate surface area is 193 Å². The van der Waals surface area contributed by atoms with Gasteiger partial charge in [-0.05, 0) is 28.8 Å². The lowest BCUT2D eigenvalue weighted by atomic mass is 10.1. The molecule has 2 aliphatic rings. The fourth-order valence-electron chi connectivity index (χ4n) is 4.31. The third-order valence-corrected chi connectivity index (χ3v) is 6.11. The molecule has 0 saturated carbocycles. The molecule has 1 fully saturated rings. The maximum atomic E-state index is 13.7. The van der Waals surface area contributed by atoms with Gasteiger partial charge in [-0.1, -0.05) is 78.9 Å². The van der Waals surface area contributed by atoms with Crippen molar-refractivity contribution in [3.05, 3.63) is 95.6 Å². The fraction of sp³-hybridized carbons (Fsp3) is 0.185. The van der Waals surface area contributed by atoms with Gasteiger partial charge in [-0.2, -0.15) is 0 Å². The highest BCUT2D eigenvalue weighted by Gasteiger charge is 2.31. The first-order valence-corrected chi connectivity index (χ1v) is 11.2. The lowest BCUT2D eigenvalue weighted by Crippen LogP contribution is -2.55. The zero-order chi connectivity index (χ0) is 22.6. The SMILES string of the molecule is O=C(NCc1ccccc1)N1CCN(C(=O)N2c3ccccc3C=Cc3ccccc32)CC1. The number of rotatable bonds is 2. The number of benzene rings is 3. The lowest BCUT2D eigenvalue weighted by Gasteiger charge is -2.38. The van der Waals surface area contributed by atoms with Crippen LogP contribution in [0.2, 0.25) is 0 Å². The molecule has 2 aliphatic heterocycles. The number of piperazine rings is 1. The van der Waals surface area contributed by atoms with E-state index in [4.69, 9.17) is 0 Å². The van der Waals surface area contributed by atoms with E-state index in [2.05, 4.69) is 17.5 Å². The van der Waals surface area contributed by atoms with Gasteiger partial charge >= 0.3 is 12.1 Å². The highest BCUT2D eigenvalue weighted by atomic mass is 16.2. The van der Waals surface area contributed by atoms with Gasteiger partial charge in [0.25, 0.3) is 0 Å². The van der Waals surface area contributed by atoms with E-state index in [9.17, 15) is 9.59 Å². The van der Waals surface area contributed by atoms with E-state index >= 15 is 0 Å². The Kier molecular flexibility index (Phi) is 5.81. The number of urea groups is 2. The normalized spacial score (nSPS) is 14.8. The minimum Gasteiger partial charge on any atom is -0.334 e. The Bertz CT molecular complexity index is 1130. The molecule has 166 valence electrons. The van der Waals surface area contributed by atoms with Gasteiger partial charge in [0.15, 0.2) is 0 Å². The van der Waals surface area contributed by atoms with E-state index < -0.39 is 0 Å². The number of hydrogen-bond acceptors (Lipinski definition) is 2. The van der Waals surface area contributed by atoms with Crippen molar-refractivity contribution in [1.29, 1.82) is 0 Å². The second-order valence-corrected chi connectivity index (χ2v) is 8.19. The van der Waals surface area contributed by atoms with Gasteiger partial charge < -0.3 is 15.1 Å². The molecule has 0 spiro atoms. The summed E-state index contributed by atoms with van der Waals surface area (Å²) in [5.41, 5.74) is 4.80. The van der Waals surface area contributed by atoms with Crippen LogP contribution >= 0.6 is 0 Å². The summed E-state index contributed by atoms with van der Waals surface area (Å²) in [5.74, 6) is 0. The summed E-state index contributed by atoms with van der Waals surface area (Å²) in [4.78, 5) is 31.7. The summed E-state index contributed by atoms with van der Waals surface area (Å²) >= 11 is 0. The molecule has 4 amide bonds. The van der Waals surface area contributed by atoms with Crippen molar-refractivity contribution < 1.29 is 9.59 Å². The molecule has 5 rings (SSSR count). The van der Waals surface area contributed by atoms with Gasteiger partial charge in [-0.15, -0.1) is 0 Å². The summed E-state index contributed by atoms with van der Waals surface area (Å²) in [6, 6.07) is 25.6. The molecule has 2 heterocycles. The van der Waals surface area contributed by atoms with Crippen LogP contribution in [-0.4, -0.2) is 48.0 Å². The van der Waals surface area contributed by atoms with Crippen LogP contribution in [0.15, 0.2) is 78.9 Å². The quantitative estimate of drug-likeness (QED) is 0.615. The van der Waals surface area contributed by atoms with E-state index in [0.717, 1.165) is 28.1 Å². The molecule has 0 atom stereocenters. The fourth-order valence-corrected chi connectivity index (χ4v) is 4.31. The van der Waals surface area contributed by atoms with Crippen molar-refractivity contribution in [1.82, 2.24) is 15.1 Å². The highest BCUT2D eigenvalue weighted by Crippen LogP contribution is 2.37. The monoisotopic (exact) mass is 438 g/mol. The summed E-state index contributed by atoms with van der Waals surface area (Å²) in [6.45, 7) is 2.48. The van der Waals surface area contributed by atoms with Gasteiger partial charge in [0.1, 0.15) is 0 Å². The van der Waals surface area contributed by atoms with Crippen LogP contribution in [-0.2, 0) is 6.54 Å². The van der Waals surface area contributed by atoms with Crippen molar-refractivity contribution in [2.45, 2.75) is 6.54 Å². The maximum absolute atomic E-state index is 13.7. The number of carbonyl (C=O) groups is 2. The number of hydrogen-bond donors (Lipinski definition) is 1. The molecule has 0 bridgehead atoms. The summed E-state index contributed by atoms with van der Waals surface area (Å²) in [7, 11) is 0. The predicted octanol–water partition coefficient (Wildman–Crippen LogP) is 4.96. The van der Waals surface area contributed by atoms with Crippen LogP contribution in [0.1, 0.15) is 16.7 Å². The van der Waals surface area contributed by atoms with E-state index in [1.54, 1.807) is 9.80 Å². The van der Waals surface area contributed by atoms with Gasteiger partial charge in [-0.25, -0.2) is 9.59 Å². The molecule has 0 aliphatic carbocycles. The van der Waals surface area contributed by atoms with Crippen LogP contribution in [0.3, 0.4) is 0 Å². The second kappa shape index (κ2) is 9.20. The topological polar surface area (TPSA) is 55.9 Å². The predicted molar refractivity (Wildman–Crippen MR) is 131 cm³/mol. The van der Waals surface area contributed by atoms with Crippen molar-refractivity contribution >= 4 is 35.6 Å². The van der Waals surface area contributed by atoms with Crippen LogP contribution in [0.25, 0.3) is 12.2 Å². The molecule has 0 aromatic heterocycles. The molecule has 0 unspecified atom stereocenters. The highest BCUT2D eigenvalue weighted by molar-refractivity contribution is 6.05. The number of fused-ring (bicyclic) bond motifs is 2. The molecule has 6 nitrogen and oxygen atoms in total. The van der Waals surface area contributed by atoms with E-state index in [-0.39, 0.29) is 12.1 Å². The summed E-state index contributed by atoms with van der Waals surface area (Å²) < 4.78 is 0. The molecular formula is C27H26N4O2.